The van der Waals surface area contributed by atoms with Gasteiger partial charge in [0.2, 0.25) is 0 Å². The van der Waals surface area contributed by atoms with Crippen LogP contribution in [0.25, 0.3) is 0 Å². The van der Waals surface area contributed by atoms with E-state index in [2.05, 4.69) is 0 Å². The normalized spacial score (nSPS) is 8.29. The van der Waals surface area contributed by atoms with Crippen molar-refractivity contribution in [1.82, 2.24) is 0 Å². The summed E-state index contributed by atoms with van der Waals surface area (Å²) in [4.78, 5) is 0. The topological polar surface area (TPSA) is 80.3 Å². The molecule has 0 radical (unpaired) electrons. The second-order valence-electron chi connectivity index (χ2n) is 0.378. The van der Waals surface area contributed by atoms with Crippen LogP contribution in [0.1, 0.15) is 0 Å². The molecule has 0 aromatic carbocycles. The van der Waals surface area contributed by atoms with Crippen LogP contribution in [-0.4, -0.2) is 0 Å². The minimum atomic E-state index is -5.62. The van der Waals surface area contributed by atoms with E-state index in [0.29, 0.717) is 0 Å². The van der Waals surface area contributed by atoms with Crippen molar-refractivity contribution in [3.05, 3.63) is 0 Å². The summed E-state index contributed by atoms with van der Waals surface area (Å²) in [5, 5.41) is 0. The maximum absolute atomic E-state index is 8.58. The molecular weight excluding hydrogens is 290 g/mol. The van der Waals surface area contributed by atoms with Crippen molar-refractivity contribution in [2.75, 3.05) is 0 Å². The van der Waals surface area contributed by atoms with Crippen LogP contribution in [0.15, 0.2) is 0 Å². The smallest absolute Gasteiger partial charge is 1.00 e. The zero-order chi connectivity index (χ0) is 4.50. The zero-order valence-electron chi connectivity index (χ0n) is 4.01. The molecule has 0 saturated carbocycles. The molecule has 0 unspecified atom stereocenters. The Bertz CT molecular complexity index is 92.9. The first-order chi connectivity index (χ1) is 2.00. The predicted molar refractivity (Wildman–Crippen MR) is 1.37 cm³/mol. The monoisotopic (exact) mass is 289 g/mol. The van der Waals surface area contributed by atoms with E-state index >= 15 is 0 Å². The van der Waals surface area contributed by atoms with E-state index in [-0.39, 0.29) is 116 Å². The molecule has 0 aliphatic heterocycles. The van der Waals surface area contributed by atoms with Crippen LogP contribution in [0.5, 0.6) is 0 Å². The minimum Gasteiger partial charge on any atom is 1.00 e. The third kappa shape index (κ3) is 42.4. The summed E-state index contributed by atoms with van der Waals surface area (Å²) < 4.78 is 34.3. The van der Waals surface area contributed by atoms with Gasteiger partial charge in [-0.1, -0.05) is 0 Å². The Morgan fingerprint density at radius 3 is 1.00 bits per heavy atom. The molecule has 0 heterocycles. The van der Waals surface area contributed by atoms with E-state index in [1.807, 2.05) is 0 Å². The maximum atomic E-state index is 8.58. The van der Waals surface area contributed by atoms with Crippen LogP contribution >= 0.6 is 0 Å². The van der Waals surface area contributed by atoms with Crippen molar-refractivity contribution < 1.29 is 146 Å². The van der Waals surface area contributed by atoms with E-state index in [0.717, 1.165) is 0 Å². The average Bonchev–Trinajstić information content (AvgIpc) is 0.722. The van der Waals surface area contributed by atoms with Crippen molar-refractivity contribution in [3.8, 4) is 0 Å². The second kappa shape index (κ2) is 7.75. The molecule has 4 nitrogen and oxygen atoms in total. The van der Waals surface area contributed by atoms with Crippen LogP contribution in [0.4, 0.5) is 0 Å². The van der Waals surface area contributed by atoms with Gasteiger partial charge < -0.3 is 0 Å². The van der Waals surface area contributed by atoms with Gasteiger partial charge in [0, 0.05) is 0 Å². The van der Waals surface area contributed by atoms with E-state index < -0.39 is 13.4 Å². The van der Waals surface area contributed by atoms with Crippen LogP contribution in [0.2, 0.25) is 0 Å². The molecule has 0 aliphatic rings. The Morgan fingerprint density at radius 2 is 1.00 bits per heavy atom. The van der Waals surface area contributed by atoms with Gasteiger partial charge >= 0.3 is 146 Å². The molecule has 7 heavy (non-hydrogen) atoms. The number of rotatable bonds is 0. The summed E-state index contributed by atoms with van der Waals surface area (Å²) in [6.07, 6.45) is 0. The fraction of sp³-hybridized carbons (Fsp3) is 0. The first-order valence-corrected chi connectivity index (χ1v) is 2.54. The van der Waals surface area contributed by atoms with E-state index in [1.54, 1.807) is 0 Å². The van der Waals surface area contributed by atoms with Gasteiger partial charge in [-0.05, 0) is 0 Å². The molecule has 0 saturated heterocycles. The second-order valence-corrected chi connectivity index (χ2v) is 1.56. The van der Waals surface area contributed by atoms with Crippen LogP contribution < -0.4 is 125 Å². The standard InChI is InChI=1S/Mn.4O.2Rb/q;;;2*-1;2*+1. The van der Waals surface area contributed by atoms with Crippen molar-refractivity contribution in [2.45, 2.75) is 0 Å². The van der Waals surface area contributed by atoms with Crippen LogP contribution in [0.3, 0.4) is 0 Å². The molecule has 0 spiro atoms. The summed E-state index contributed by atoms with van der Waals surface area (Å²) in [6.45, 7) is 0. The van der Waals surface area contributed by atoms with E-state index in [1.165, 1.54) is 0 Å². The van der Waals surface area contributed by atoms with Gasteiger partial charge in [-0.15, -0.1) is 0 Å². The Hall–Kier alpha value is 3.65. The molecule has 0 fully saturated rings. The fourth-order valence-corrected chi connectivity index (χ4v) is 0. The van der Waals surface area contributed by atoms with Crippen molar-refractivity contribution in [2.24, 2.45) is 0 Å². The average molecular weight is 290 g/mol. The molecular formula is MnO4Rb2. The molecule has 0 amide bonds. The van der Waals surface area contributed by atoms with Crippen molar-refractivity contribution in [3.63, 3.8) is 0 Å². The summed E-state index contributed by atoms with van der Waals surface area (Å²) in [5.74, 6) is 0. The van der Waals surface area contributed by atoms with E-state index in [4.69, 9.17) is 16.0 Å². The van der Waals surface area contributed by atoms with Gasteiger partial charge in [0.1, 0.15) is 0 Å². The zero-order valence-corrected chi connectivity index (χ0v) is 15.0. The molecule has 0 bridgehead atoms. The predicted octanol–water partition coefficient (Wildman–Crippen LogP) is -8.61. The van der Waals surface area contributed by atoms with Crippen molar-refractivity contribution >= 4 is 0 Å². The Balaban J connectivity index is -0.0000000800. The van der Waals surface area contributed by atoms with Gasteiger partial charge in [0.25, 0.3) is 0 Å². The quantitative estimate of drug-likeness (QED) is 0.415. The van der Waals surface area contributed by atoms with Gasteiger partial charge in [0.05, 0.1) is 0 Å². The van der Waals surface area contributed by atoms with Crippen LogP contribution in [-0.2, 0) is 21.0 Å². The van der Waals surface area contributed by atoms with Gasteiger partial charge in [-0.3, -0.25) is 0 Å². The minimum absolute atomic E-state index is 0. The van der Waals surface area contributed by atoms with Gasteiger partial charge in [-0.2, -0.15) is 0 Å². The van der Waals surface area contributed by atoms with Crippen LogP contribution in [0, 0.1) is 0 Å². The first-order valence-electron chi connectivity index (χ1n) is 0.617. The molecule has 33 valence electrons. The third-order valence-corrected chi connectivity index (χ3v) is 0. The Kier molecular flexibility index (Phi) is 18.8. The maximum Gasteiger partial charge on any atom is 1.00 e. The molecule has 0 rings (SSSR count). The SMILES string of the molecule is [O]=[Mn](=[O])([O-])[O-].[Rb+].[Rb+]. The summed E-state index contributed by atoms with van der Waals surface area (Å²) >= 11 is -5.62. The Labute approximate surface area is 141 Å². The molecule has 0 atom stereocenters. The largest absolute Gasteiger partial charge is 1.00 e. The van der Waals surface area contributed by atoms with E-state index in [9.17, 15) is 0 Å². The summed E-state index contributed by atoms with van der Waals surface area (Å²) in [6, 6.07) is 0. The molecule has 0 aliphatic carbocycles. The van der Waals surface area contributed by atoms with Gasteiger partial charge in [-0.25, -0.2) is 0 Å². The van der Waals surface area contributed by atoms with Gasteiger partial charge in [0.15, 0.2) is 0 Å². The number of hydrogen-bond donors (Lipinski definition) is 0. The summed E-state index contributed by atoms with van der Waals surface area (Å²) in [7, 11) is 0. The fourth-order valence-electron chi connectivity index (χ4n) is 0. The molecule has 0 aromatic heterocycles. The van der Waals surface area contributed by atoms with Crippen molar-refractivity contribution in [1.29, 1.82) is 0 Å². The molecule has 0 N–H and O–H groups in total. The third-order valence-electron chi connectivity index (χ3n) is 0. The number of hydrogen-bond acceptors (Lipinski definition) is 4. The first kappa shape index (κ1) is 16.9. The Morgan fingerprint density at radius 1 is 1.00 bits per heavy atom. The molecule has 7 heteroatoms. The molecule has 0 aromatic rings. The summed E-state index contributed by atoms with van der Waals surface area (Å²) in [5.41, 5.74) is 0.